The maximum Gasteiger partial charge on any atom is 0.306 e. The predicted molar refractivity (Wildman–Crippen MR) is 79.7 cm³/mol. The summed E-state index contributed by atoms with van der Waals surface area (Å²) < 4.78 is 29.1. The molecular formula is C14H18O4S2. The summed E-state index contributed by atoms with van der Waals surface area (Å²) in [4.78, 5) is 12.4. The molecule has 1 aliphatic heterocycles. The molecule has 0 fully saturated rings. The molecule has 0 aliphatic carbocycles. The third-order valence-electron chi connectivity index (χ3n) is 3.43. The normalized spacial score (nSPS) is 19.4. The summed E-state index contributed by atoms with van der Waals surface area (Å²) in [6.45, 7) is 1.57. The van der Waals surface area contributed by atoms with Crippen molar-refractivity contribution in [2.24, 2.45) is 0 Å². The second-order valence-electron chi connectivity index (χ2n) is 4.97. The molecule has 0 bridgehead atoms. The summed E-state index contributed by atoms with van der Waals surface area (Å²) in [5.74, 6) is -0.381. The molecule has 20 heavy (non-hydrogen) atoms. The molecular weight excluding hydrogens is 296 g/mol. The zero-order valence-electron chi connectivity index (χ0n) is 11.5. The van der Waals surface area contributed by atoms with Gasteiger partial charge in [0.2, 0.25) is 0 Å². The van der Waals surface area contributed by atoms with Crippen molar-refractivity contribution in [3.63, 3.8) is 0 Å². The van der Waals surface area contributed by atoms with Crippen molar-refractivity contribution < 1.29 is 17.9 Å². The first-order valence-electron chi connectivity index (χ1n) is 6.45. The maximum absolute atomic E-state index is 12.3. The Morgan fingerprint density at radius 1 is 1.45 bits per heavy atom. The monoisotopic (exact) mass is 314 g/mol. The van der Waals surface area contributed by atoms with E-state index in [-0.39, 0.29) is 17.4 Å². The minimum Gasteiger partial charge on any atom is -0.469 e. The van der Waals surface area contributed by atoms with Crippen LogP contribution in [0.3, 0.4) is 0 Å². The van der Waals surface area contributed by atoms with Gasteiger partial charge in [-0.05, 0) is 25.0 Å². The lowest BCUT2D eigenvalue weighted by Crippen LogP contribution is -2.29. The van der Waals surface area contributed by atoms with Gasteiger partial charge in [-0.3, -0.25) is 4.79 Å². The minimum atomic E-state index is -3.29. The van der Waals surface area contributed by atoms with Crippen LogP contribution in [0.2, 0.25) is 0 Å². The summed E-state index contributed by atoms with van der Waals surface area (Å²) in [6.07, 6.45) is 0.689. The highest BCUT2D eigenvalue weighted by atomic mass is 32.2. The number of hydrogen-bond acceptors (Lipinski definition) is 5. The molecule has 0 saturated carbocycles. The Hall–Kier alpha value is -1.01. The van der Waals surface area contributed by atoms with E-state index in [2.05, 4.69) is 4.74 Å². The van der Waals surface area contributed by atoms with Gasteiger partial charge < -0.3 is 4.74 Å². The molecule has 0 N–H and O–H groups in total. The van der Waals surface area contributed by atoms with Crippen LogP contribution in [0.4, 0.5) is 0 Å². The lowest BCUT2D eigenvalue weighted by atomic mass is 10.1. The van der Waals surface area contributed by atoms with Gasteiger partial charge in [0, 0.05) is 10.1 Å². The van der Waals surface area contributed by atoms with Crippen molar-refractivity contribution in [1.29, 1.82) is 0 Å². The molecule has 0 radical (unpaired) electrons. The molecule has 6 heteroatoms. The Kier molecular flexibility index (Phi) is 4.75. The van der Waals surface area contributed by atoms with Gasteiger partial charge in [0.1, 0.15) is 0 Å². The number of benzene rings is 1. The van der Waals surface area contributed by atoms with E-state index in [1.54, 1.807) is 18.7 Å². The lowest BCUT2D eigenvalue weighted by Gasteiger charge is -2.14. The van der Waals surface area contributed by atoms with Crippen LogP contribution in [0.15, 0.2) is 29.2 Å². The molecule has 0 saturated heterocycles. The van der Waals surface area contributed by atoms with Gasteiger partial charge >= 0.3 is 5.97 Å². The van der Waals surface area contributed by atoms with Gasteiger partial charge in [0.05, 0.1) is 24.5 Å². The van der Waals surface area contributed by atoms with Crippen molar-refractivity contribution in [3.05, 3.63) is 29.8 Å². The maximum atomic E-state index is 12.3. The Balaban J connectivity index is 1.99. The van der Waals surface area contributed by atoms with E-state index in [1.165, 1.54) is 12.7 Å². The topological polar surface area (TPSA) is 60.4 Å². The molecule has 4 nitrogen and oxygen atoms in total. The molecule has 0 aromatic heterocycles. The fourth-order valence-electron chi connectivity index (χ4n) is 2.22. The first-order valence-corrected chi connectivity index (χ1v) is 9.05. The average Bonchev–Trinajstić information content (AvgIpc) is 2.79. The van der Waals surface area contributed by atoms with Gasteiger partial charge in [-0.1, -0.05) is 18.2 Å². The van der Waals surface area contributed by atoms with Crippen LogP contribution in [0.25, 0.3) is 0 Å². The summed E-state index contributed by atoms with van der Waals surface area (Å²) in [5.41, 5.74) is 1.21. The number of methoxy groups -OCH3 is 1. The highest BCUT2D eigenvalue weighted by Gasteiger charge is 2.31. The van der Waals surface area contributed by atoms with E-state index in [0.717, 1.165) is 11.3 Å². The standard InChI is InChI=1S/C14H18O4S2/c1-10(7-14(15)18-2)20(16,17)9-12-8-11-5-3-4-6-13(11)19-12/h3-6,10,12H,7-9H2,1-2H3. The SMILES string of the molecule is COC(=O)CC(C)S(=O)(=O)CC1Cc2ccccc2S1. The van der Waals surface area contributed by atoms with Crippen LogP contribution in [-0.2, 0) is 25.8 Å². The van der Waals surface area contributed by atoms with Crippen LogP contribution >= 0.6 is 11.8 Å². The Labute approximate surface area is 123 Å². The fraction of sp³-hybridized carbons (Fsp3) is 0.500. The molecule has 2 rings (SSSR count). The number of carbonyl (C=O) groups is 1. The van der Waals surface area contributed by atoms with E-state index in [9.17, 15) is 13.2 Å². The quantitative estimate of drug-likeness (QED) is 0.779. The van der Waals surface area contributed by atoms with E-state index in [0.29, 0.717) is 0 Å². The lowest BCUT2D eigenvalue weighted by molar-refractivity contribution is -0.140. The zero-order chi connectivity index (χ0) is 14.8. The minimum absolute atomic E-state index is 0.0393. The van der Waals surface area contributed by atoms with Crippen molar-refractivity contribution in [3.8, 4) is 0 Å². The van der Waals surface area contributed by atoms with Crippen LogP contribution < -0.4 is 0 Å². The molecule has 0 spiro atoms. The second kappa shape index (κ2) is 6.18. The number of thioether (sulfide) groups is 1. The Morgan fingerprint density at radius 2 is 2.15 bits per heavy atom. The van der Waals surface area contributed by atoms with Crippen LogP contribution in [0.5, 0.6) is 0 Å². The number of ether oxygens (including phenoxy) is 1. The van der Waals surface area contributed by atoms with Gasteiger partial charge in [-0.25, -0.2) is 8.42 Å². The molecule has 1 aliphatic rings. The zero-order valence-corrected chi connectivity index (χ0v) is 13.2. The van der Waals surface area contributed by atoms with Crippen LogP contribution in [-0.4, -0.2) is 37.7 Å². The van der Waals surface area contributed by atoms with E-state index < -0.39 is 21.1 Å². The van der Waals surface area contributed by atoms with Crippen molar-refractivity contribution in [2.75, 3.05) is 12.9 Å². The van der Waals surface area contributed by atoms with Crippen molar-refractivity contribution >= 4 is 27.6 Å². The van der Waals surface area contributed by atoms with Crippen LogP contribution in [0, 0.1) is 0 Å². The number of carbonyl (C=O) groups excluding carboxylic acids is 1. The van der Waals surface area contributed by atoms with Gasteiger partial charge in [0.25, 0.3) is 0 Å². The fourth-order valence-corrected chi connectivity index (χ4v) is 5.49. The van der Waals surface area contributed by atoms with E-state index >= 15 is 0 Å². The molecule has 2 atom stereocenters. The highest BCUT2D eigenvalue weighted by Crippen LogP contribution is 2.37. The smallest absolute Gasteiger partial charge is 0.306 e. The van der Waals surface area contributed by atoms with Crippen molar-refractivity contribution in [2.45, 2.75) is 35.2 Å². The van der Waals surface area contributed by atoms with Gasteiger partial charge in [-0.15, -0.1) is 11.8 Å². The van der Waals surface area contributed by atoms with Crippen molar-refractivity contribution in [1.82, 2.24) is 0 Å². The molecule has 1 heterocycles. The van der Waals surface area contributed by atoms with Crippen LogP contribution in [0.1, 0.15) is 18.9 Å². The number of hydrogen-bond donors (Lipinski definition) is 0. The van der Waals surface area contributed by atoms with E-state index in [4.69, 9.17) is 0 Å². The number of sulfone groups is 1. The summed E-state index contributed by atoms with van der Waals surface area (Å²) in [5, 5.41) is -0.656. The number of fused-ring (bicyclic) bond motifs is 1. The summed E-state index contributed by atoms with van der Waals surface area (Å²) in [6, 6.07) is 7.98. The molecule has 2 unspecified atom stereocenters. The van der Waals surface area contributed by atoms with E-state index in [1.807, 2.05) is 24.3 Å². The predicted octanol–water partition coefficient (Wildman–Crippen LogP) is 2.07. The van der Waals surface area contributed by atoms with Gasteiger partial charge in [-0.2, -0.15) is 0 Å². The highest BCUT2D eigenvalue weighted by molar-refractivity contribution is 8.01. The first-order chi connectivity index (χ1) is 9.42. The number of rotatable bonds is 5. The molecule has 0 amide bonds. The largest absolute Gasteiger partial charge is 0.469 e. The summed E-state index contributed by atoms with van der Waals surface area (Å²) >= 11 is 1.61. The second-order valence-corrected chi connectivity index (χ2v) is 8.78. The Bertz CT molecular complexity index is 570. The average molecular weight is 314 g/mol. The third kappa shape index (κ3) is 3.55. The number of esters is 1. The third-order valence-corrected chi connectivity index (χ3v) is 7.22. The first kappa shape index (κ1) is 15.4. The molecule has 1 aromatic rings. The molecule has 1 aromatic carbocycles. The Morgan fingerprint density at radius 3 is 2.80 bits per heavy atom. The molecule has 110 valence electrons. The summed E-state index contributed by atoms with van der Waals surface area (Å²) in [7, 11) is -2.02. The van der Waals surface area contributed by atoms with Gasteiger partial charge in [0.15, 0.2) is 9.84 Å².